The molecular formula is C20H26ClFN2O5. The van der Waals surface area contributed by atoms with Gasteiger partial charge in [0.05, 0.1) is 12.6 Å². The van der Waals surface area contributed by atoms with Crippen LogP contribution in [0, 0.1) is 11.7 Å². The zero-order valence-corrected chi connectivity index (χ0v) is 16.9. The Morgan fingerprint density at radius 2 is 2.00 bits per heavy atom. The van der Waals surface area contributed by atoms with Crippen molar-refractivity contribution in [3.05, 3.63) is 23.0 Å². The molecule has 4 rings (SSSR count). The summed E-state index contributed by atoms with van der Waals surface area (Å²) in [5.41, 5.74) is 0. The Bertz CT molecular complexity index is 744. The van der Waals surface area contributed by atoms with Gasteiger partial charge in [0, 0.05) is 24.2 Å². The molecule has 3 heterocycles. The number of piperidine rings is 1. The maximum Gasteiger partial charge on any atom is 0.410 e. The van der Waals surface area contributed by atoms with Crippen molar-refractivity contribution < 1.29 is 28.5 Å². The van der Waals surface area contributed by atoms with E-state index >= 15 is 0 Å². The molecule has 2 saturated heterocycles. The number of ether oxygens (including phenoxy) is 3. The maximum absolute atomic E-state index is 13.9. The normalized spacial score (nSPS) is 25.3. The molecule has 3 aliphatic heterocycles. The number of rotatable bonds is 6. The zero-order chi connectivity index (χ0) is 20.4. The number of cyclic esters (lactones) is 1. The summed E-state index contributed by atoms with van der Waals surface area (Å²) in [5, 5.41) is 9.63. The van der Waals surface area contributed by atoms with E-state index in [0.29, 0.717) is 31.4 Å². The summed E-state index contributed by atoms with van der Waals surface area (Å²) in [7, 11) is 0. The summed E-state index contributed by atoms with van der Waals surface area (Å²) in [6.07, 6.45) is 2.50. The van der Waals surface area contributed by atoms with Crippen LogP contribution in [0.2, 0.25) is 5.02 Å². The molecule has 0 saturated carbocycles. The lowest BCUT2D eigenvalue weighted by Crippen LogP contribution is -2.44. The van der Waals surface area contributed by atoms with Crippen molar-refractivity contribution in [2.75, 3.05) is 46.0 Å². The third-order valence-electron chi connectivity index (χ3n) is 5.91. The van der Waals surface area contributed by atoms with E-state index in [1.165, 1.54) is 6.07 Å². The van der Waals surface area contributed by atoms with Gasteiger partial charge in [-0.3, -0.25) is 9.80 Å². The predicted octanol–water partition coefficient (Wildman–Crippen LogP) is 2.53. The van der Waals surface area contributed by atoms with Gasteiger partial charge < -0.3 is 19.3 Å². The Morgan fingerprint density at radius 1 is 1.21 bits per heavy atom. The fourth-order valence-electron chi connectivity index (χ4n) is 4.23. The van der Waals surface area contributed by atoms with E-state index in [1.54, 1.807) is 11.0 Å². The van der Waals surface area contributed by atoms with E-state index in [4.69, 9.17) is 25.8 Å². The molecule has 0 aliphatic carbocycles. The lowest BCUT2D eigenvalue weighted by molar-refractivity contribution is 0.0440. The fraction of sp³-hybridized carbons (Fsp3) is 0.650. The average molecular weight is 429 g/mol. The van der Waals surface area contributed by atoms with Gasteiger partial charge in [-0.1, -0.05) is 11.6 Å². The zero-order valence-electron chi connectivity index (χ0n) is 16.2. The second-order valence-electron chi connectivity index (χ2n) is 7.91. The molecule has 0 bridgehead atoms. The average Bonchev–Trinajstić information content (AvgIpc) is 3.06. The predicted molar refractivity (Wildman–Crippen MR) is 104 cm³/mol. The van der Waals surface area contributed by atoms with Gasteiger partial charge in [-0.25, -0.2) is 9.18 Å². The number of carbonyl (C=O) groups excluding carboxylic acids is 1. The van der Waals surface area contributed by atoms with Crippen molar-refractivity contribution in [3.8, 4) is 11.5 Å². The van der Waals surface area contributed by atoms with Crippen molar-refractivity contribution in [2.24, 2.45) is 5.92 Å². The van der Waals surface area contributed by atoms with Gasteiger partial charge in [0.25, 0.3) is 0 Å². The first-order chi connectivity index (χ1) is 14.0. The van der Waals surface area contributed by atoms with Crippen LogP contribution in [0.4, 0.5) is 9.18 Å². The number of fused-ring (bicyclic) bond motifs is 1. The Labute approximate surface area is 174 Å². The third kappa shape index (κ3) is 4.70. The van der Waals surface area contributed by atoms with Crippen LogP contribution in [-0.4, -0.2) is 79.1 Å². The van der Waals surface area contributed by atoms with Crippen LogP contribution in [0.5, 0.6) is 11.5 Å². The molecule has 2 fully saturated rings. The first kappa shape index (κ1) is 20.5. The van der Waals surface area contributed by atoms with E-state index in [0.717, 1.165) is 32.4 Å². The summed E-state index contributed by atoms with van der Waals surface area (Å²) in [6.45, 7) is 3.74. The molecule has 160 valence electrons. The van der Waals surface area contributed by atoms with Crippen molar-refractivity contribution in [2.45, 2.75) is 31.4 Å². The second-order valence-corrected chi connectivity index (χ2v) is 8.34. The highest BCUT2D eigenvalue weighted by molar-refractivity contribution is 6.30. The number of hydrogen-bond donors (Lipinski definition) is 1. The molecule has 1 aromatic rings. The number of benzene rings is 1. The fourth-order valence-corrected chi connectivity index (χ4v) is 4.42. The van der Waals surface area contributed by atoms with Crippen LogP contribution in [0.1, 0.15) is 19.3 Å². The number of carbonyl (C=O) groups is 1. The molecule has 2 atom stereocenters. The summed E-state index contributed by atoms with van der Waals surface area (Å²) < 4.78 is 30.3. The monoisotopic (exact) mass is 428 g/mol. The summed E-state index contributed by atoms with van der Waals surface area (Å²) >= 11 is 5.91. The highest BCUT2D eigenvalue weighted by atomic mass is 35.5. The Morgan fingerprint density at radius 3 is 2.76 bits per heavy atom. The third-order valence-corrected chi connectivity index (χ3v) is 6.13. The molecule has 3 aliphatic rings. The highest BCUT2D eigenvalue weighted by Crippen LogP contribution is 2.37. The number of nitrogens with zero attached hydrogens (tertiary/aromatic N) is 2. The molecule has 1 amide bonds. The lowest BCUT2D eigenvalue weighted by Gasteiger charge is -2.36. The van der Waals surface area contributed by atoms with Crippen LogP contribution in [0.3, 0.4) is 0 Å². The minimum absolute atomic E-state index is 0.0636. The number of amides is 1. The maximum atomic E-state index is 13.9. The molecule has 0 spiro atoms. The lowest BCUT2D eigenvalue weighted by atomic mass is 9.93. The number of halogens is 2. The van der Waals surface area contributed by atoms with Gasteiger partial charge >= 0.3 is 6.09 Å². The SMILES string of the molecule is O=C1OC[C@@H](CO)N1CCC1CCN(C[C@H]2COc3c(F)cc(Cl)cc3O2)CC1. The van der Waals surface area contributed by atoms with Crippen molar-refractivity contribution >= 4 is 17.7 Å². The molecule has 1 aromatic carbocycles. The van der Waals surface area contributed by atoms with Crippen LogP contribution in [-0.2, 0) is 4.74 Å². The molecule has 0 radical (unpaired) electrons. The van der Waals surface area contributed by atoms with E-state index in [-0.39, 0.29) is 42.2 Å². The van der Waals surface area contributed by atoms with E-state index in [9.17, 15) is 14.3 Å². The topological polar surface area (TPSA) is 71.5 Å². The molecule has 0 unspecified atom stereocenters. The standard InChI is InChI=1S/C20H26ClFN2O5/c21-14-7-17(22)19-18(8-14)29-16(12-27-19)9-23-4-1-13(2-5-23)3-6-24-15(10-25)11-28-20(24)26/h7-8,13,15-16,25H,1-6,9-12H2/t15-,16+/m1/s1. The van der Waals surface area contributed by atoms with Crippen LogP contribution in [0.15, 0.2) is 12.1 Å². The molecule has 9 heteroatoms. The first-order valence-electron chi connectivity index (χ1n) is 10.1. The van der Waals surface area contributed by atoms with Gasteiger partial charge in [0.15, 0.2) is 17.3 Å². The molecule has 7 nitrogen and oxygen atoms in total. The van der Waals surface area contributed by atoms with Crippen molar-refractivity contribution in [1.82, 2.24) is 9.80 Å². The molecular weight excluding hydrogens is 403 g/mol. The van der Waals surface area contributed by atoms with Crippen LogP contribution in [0.25, 0.3) is 0 Å². The molecule has 0 aromatic heterocycles. The van der Waals surface area contributed by atoms with Gasteiger partial charge in [-0.05, 0) is 44.3 Å². The smallest absolute Gasteiger partial charge is 0.410 e. The van der Waals surface area contributed by atoms with Gasteiger partial charge in [0.2, 0.25) is 0 Å². The Kier molecular flexibility index (Phi) is 6.32. The number of likely N-dealkylation sites (tertiary alicyclic amines) is 1. The first-order valence-corrected chi connectivity index (χ1v) is 10.5. The quantitative estimate of drug-likeness (QED) is 0.750. The minimum atomic E-state index is -0.503. The van der Waals surface area contributed by atoms with Gasteiger partial charge in [-0.15, -0.1) is 0 Å². The summed E-state index contributed by atoms with van der Waals surface area (Å²) in [4.78, 5) is 15.7. The Balaban J connectivity index is 1.22. The number of hydrogen-bond acceptors (Lipinski definition) is 6. The van der Waals surface area contributed by atoms with Crippen LogP contribution < -0.4 is 9.47 Å². The number of aliphatic hydroxyl groups excluding tert-OH is 1. The van der Waals surface area contributed by atoms with Crippen LogP contribution >= 0.6 is 11.6 Å². The minimum Gasteiger partial charge on any atom is -0.483 e. The summed E-state index contributed by atoms with van der Waals surface area (Å²) in [5.74, 6) is 0.524. The van der Waals surface area contributed by atoms with Gasteiger partial charge in [-0.2, -0.15) is 0 Å². The van der Waals surface area contributed by atoms with E-state index in [2.05, 4.69) is 4.90 Å². The van der Waals surface area contributed by atoms with Crippen molar-refractivity contribution in [1.29, 1.82) is 0 Å². The molecule has 1 N–H and O–H groups in total. The van der Waals surface area contributed by atoms with E-state index < -0.39 is 5.82 Å². The summed E-state index contributed by atoms with van der Waals surface area (Å²) in [6, 6.07) is 2.59. The van der Waals surface area contributed by atoms with Gasteiger partial charge in [0.1, 0.15) is 19.3 Å². The van der Waals surface area contributed by atoms with Crippen molar-refractivity contribution in [3.63, 3.8) is 0 Å². The largest absolute Gasteiger partial charge is 0.483 e. The highest BCUT2D eigenvalue weighted by Gasteiger charge is 2.33. The van der Waals surface area contributed by atoms with E-state index in [1.807, 2.05) is 0 Å². The second kappa shape index (κ2) is 8.93. The molecule has 29 heavy (non-hydrogen) atoms. The number of aliphatic hydroxyl groups is 1. The Hall–Kier alpha value is -1.77.